The van der Waals surface area contributed by atoms with Crippen LogP contribution in [-0.2, 0) is 0 Å². The van der Waals surface area contributed by atoms with Crippen molar-refractivity contribution in [3.8, 4) is 0 Å². The number of hydrogen-bond acceptors (Lipinski definition) is 3. The minimum atomic E-state index is 0.390. The first-order valence-electron chi connectivity index (χ1n) is 6.92. The number of nitrogens with zero attached hydrogens (tertiary/aromatic N) is 1. The van der Waals surface area contributed by atoms with E-state index < -0.39 is 0 Å². The lowest BCUT2D eigenvalue weighted by molar-refractivity contribution is 0.206. The molecule has 102 valence electrons. The monoisotopic (exact) mass is 330 g/mol. The van der Waals surface area contributed by atoms with Crippen LogP contribution in [0.25, 0.3) is 0 Å². The maximum absolute atomic E-state index is 6.02. The van der Waals surface area contributed by atoms with Crippen LogP contribution in [-0.4, -0.2) is 24.5 Å². The van der Waals surface area contributed by atoms with Gasteiger partial charge < -0.3 is 5.73 Å². The molecule has 0 saturated carbocycles. The number of thiophene rings is 1. The van der Waals surface area contributed by atoms with Crippen molar-refractivity contribution < 1.29 is 0 Å². The zero-order valence-corrected chi connectivity index (χ0v) is 13.5. The lowest BCUT2D eigenvalue weighted by Gasteiger charge is -2.29. The first kappa shape index (κ1) is 14.5. The fourth-order valence-electron chi connectivity index (χ4n) is 2.91. The molecule has 1 saturated heterocycles. The lowest BCUT2D eigenvalue weighted by atomic mass is 9.98. The maximum atomic E-state index is 6.02. The third-order valence-corrected chi connectivity index (χ3v) is 5.88. The molecule has 2 unspecified atom stereocenters. The molecule has 1 aliphatic heterocycles. The molecule has 1 aliphatic rings. The van der Waals surface area contributed by atoms with E-state index in [-0.39, 0.29) is 0 Å². The Morgan fingerprint density at radius 2 is 2.28 bits per heavy atom. The van der Waals surface area contributed by atoms with Crippen molar-refractivity contribution >= 4 is 27.3 Å². The Hall–Kier alpha value is 0.100. The van der Waals surface area contributed by atoms with Crippen LogP contribution in [0.2, 0.25) is 0 Å². The number of halogens is 1. The van der Waals surface area contributed by atoms with Crippen molar-refractivity contribution in [2.75, 3.05) is 19.6 Å². The fourth-order valence-corrected chi connectivity index (χ4v) is 4.52. The summed E-state index contributed by atoms with van der Waals surface area (Å²) in [6.07, 6.45) is 5.35. The molecule has 0 amide bonds. The highest BCUT2D eigenvalue weighted by Gasteiger charge is 2.24. The van der Waals surface area contributed by atoms with Crippen LogP contribution < -0.4 is 5.73 Å². The van der Waals surface area contributed by atoms with Crippen LogP contribution in [0.4, 0.5) is 0 Å². The molecule has 2 N–H and O–H groups in total. The Balaban J connectivity index is 2.06. The molecule has 2 nitrogen and oxygen atoms in total. The third-order valence-electron chi connectivity index (χ3n) is 4.12. The zero-order valence-electron chi connectivity index (χ0n) is 11.1. The first-order chi connectivity index (χ1) is 8.76. The van der Waals surface area contributed by atoms with Crippen LogP contribution in [0.5, 0.6) is 0 Å². The van der Waals surface area contributed by atoms with E-state index in [4.69, 9.17) is 5.73 Å². The minimum Gasteiger partial charge on any atom is -0.329 e. The Kier molecular flexibility index (Phi) is 5.67. The average molecular weight is 331 g/mol. The van der Waals surface area contributed by atoms with E-state index in [0.717, 1.165) is 5.92 Å². The molecule has 2 atom stereocenters. The highest BCUT2D eigenvalue weighted by Crippen LogP contribution is 2.32. The van der Waals surface area contributed by atoms with Crippen LogP contribution >= 0.6 is 27.3 Å². The van der Waals surface area contributed by atoms with Gasteiger partial charge in [0, 0.05) is 22.4 Å². The van der Waals surface area contributed by atoms with Crippen molar-refractivity contribution in [3.05, 3.63) is 20.8 Å². The Labute approximate surface area is 123 Å². The van der Waals surface area contributed by atoms with E-state index in [1.165, 1.54) is 48.8 Å². The summed E-state index contributed by atoms with van der Waals surface area (Å²) in [6, 6.07) is 0.390. The Morgan fingerprint density at radius 3 is 2.89 bits per heavy atom. The van der Waals surface area contributed by atoms with Crippen LogP contribution in [0.3, 0.4) is 0 Å². The smallest absolute Gasteiger partial charge is 0.0489 e. The molecule has 1 aromatic heterocycles. The molecular formula is C14H23BrN2S. The first-order valence-corrected chi connectivity index (χ1v) is 8.65. The maximum Gasteiger partial charge on any atom is 0.0489 e. The molecule has 0 radical (unpaired) electrons. The molecule has 4 heteroatoms. The van der Waals surface area contributed by atoms with Crippen molar-refractivity contribution in [1.29, 1.82) is 0 Å². The second-order valence-corrected chi connectivity index (χ2v) is 6.77. The van der Waals surface area contributed by atoms with Gasteiger partial charge in [-0.15, -0.1) is 0 Å². The second kappa shape index (κ2) is 7.04. The minimum absolute atomic E-state index is 0.390. The summed E-state index contributed by atoms with van der Waals surface area (Å²) in [6.45, 7) is 5.42. The van der Waals surface area contributed by atoms with Gasteiger partial charge in [0.1, 0.15) is 0 Å². The largest absolute Gasteiger partial charge is 0.329 e. The molecule has 0 bridgehead atoms. The summed E-state index contributed by atoms with van der Waals surface area (Å²) < 4.78 is 1.22. The van der Waals surface area contributed by atoms with Crippen molar-refractivity contribution in [2.24, 2.45) is 11.7 Å². The predicted molar refractivity (Wildman–Crippen MR) is 83.0 cm³/mol. The van der Waals surface area contributed by atoms with Gasteiger partial charge in [-0.3, -0.25) is 4.90 Å². The van der Waals surface area contributed by atoms with Crippen LogP contribution in [0, 0.1) is 5.92 Å². The summed E-state index contributed by atoms with van der Waals surface area (Å²) in [4.78, 5) is 2.59. The van der Waals surface area contributed by atoms with Gasteiger partial charge in [-0.25, -0.2) is 0 Å². The highest BCUT2D eigenvalue weighted by atomic mass is 79.9. The van der Waals surface area contributed by atoms with E-state index in [1.807, 2.05) is 0 Å². The van der Waals surface area contributed by atoms with E-state index in [2.05, 4.69) is 38.5 Å². The molecule has 0 spiro atoms. The van der Waals surface area contributed by atoms with Crippen molar-refractivity contribution in [2.45, 2.75) is 38.6 Å². The third kappa shape index (κ3) is 3.35. The molecule has 0 aromatic carbocycles. The van der Waals surface area contributed by atoms with Gasteiger partial charge in [0.05, 0.1) is 0 Å². The summed E-state index contributed by atoms with van der Waals surface area (Å²) in [7, 11) is 0. The van der Waals surface area contributed by atoms with Gasteiger partial charge in [-0.2, -0.15) is 11.3 Å². The van der Waals surface area contributed by atoms with Crippen molar-refractivity contribution in [3.63, 3.8) is 0 Å². The molecule has 18 heavy (non-hydrogen) atoms. The van der Waals surface area contributed by atoms with Gasteiger partial charge in [-0.05, 0) is 65.1 Å². The van der Waals surface area contributed by atoms with Crippen LogP contribution in [0.15, 0.2) is 15.2 Å². The summed E-state index contributed by atoms with van der Waals surface area (Å²) in [5.41, 5.74) is 7.40. The quantitative estimate of drug-likeness (QED) is 0.903. The Morgan fingerprint density at radius 1 is 1.44 bits per heavy atom. The fraction of sp³-hybridized carbons (Fsp3) is 0.714. The number of rotatable bonds is 4. The molecule has 2 rings (SSSR count). The van der Waals surface area contributed by atoms with Gasteiger partial charge in [0.2, 0.25) is 0 Å². The molecular weight excluding hydrogens is 308 g/mol. The van der Waals surface area contributed by atoms with E-state index in [9.17, 15) is 0 Å². The van der Waals surface area contributed by atoms with Gasteiger partial charge in [0.15, 0.2) is 0 Å². The molecule has 2 heterocycles. The summed E-state index contributed by atoms with van der Waals surface area (Å²) in [5, 5.41) is 4.40. The van der Waals surface area contributed by atoms with E-state index >= 15 is 0 Å². The standard InChI is InChI=1S/C14H23BrN2S/c1-2-11-4-3-6-17(7-5-11)14(8-16)12-9-18-10-13(12)15/h9-11,14H,2-8,16H2,1H3. The van der Waals surface area contributed by atoms with Gasteiger partial charge in [-0.1, -0.05) is 13.3 Å². The second-order valence-electron chi connectivity index (χ2n) is 5.17. The van der Waals surface area contributed by atoms with Crippen LogP contribution in [0.1, 0.15) is 44.2 Å². The molecule has 1 fully saturated rings. The average Bonchev–Trinajstić information content (AvgIpc) is 2.67. The van der Waals surface area contributed by atoms with Gasteiger partial charge >= 0.3 is 0 Å². The zero-order chi connectivity index (χ0) is 13.0. The van der Waals surface area contributed by atoms with Gasteiger partial charge in [0.25, 0.3) is 0 Å². The molecule has 0 aliphatic carbocycles. The highest BCUT2D eigenvalue weighted by molar-refractivity contribution is 9.10. The predicted octanol–water partition coefficient (Wildman–Crippen LogP) is 4.02. The number of nitrogens with two attached hydrogens (primary N) is 1. The number of likely N-dealkylation sites (tertiary alicyclic amines) is 1. The van der Waals surface area contributed by atoms with E-state index in [0.29, 0.717) is 12.6 Å². The summed E-state index contributed by atoms with van der Waals surface area (Å²) in [5.74, 6) is 0.916. The SMILES string of the molecule is CCC1CCCN(C(CN)c2cscc2Br)CC1. The molecule has 1 aromatic rings. The number of hydrogen-bond donors (Lipinski definition) is 1. The summed E-state index contributed by atoms with van der Waals surface area (Å²) >= 11 is 5.40. The lowest BCUT2D eigenvalue weighted by Crippen LogP contribution is -2.34. The topological polar surface area (TPSA) is 29.3 Å². The van der Waals surface area contributed by atoms with Crippen molar-refractivity contribution in [1.82, 2.24) is 4.90 Å². The van der Waals surface area contributed by atoms with E-state index in [1.54, 1.807) is 11.3 Å². The Bertz CT molecular complexity index is 366. The normalized spacial score (nSPS) is 23.8.